The van der Waals surface area contributed by atoms with Crippen molar-refractivity contribution in [2.45, 2.75) is 44.6 Å². The van der Waals surface area contributed by atoms with Crippen molar-refractivity contribution >= 4 is 35.7 Å². The maximum atomic E-state index is 12.8. The zero-order valence-corrected chi connectivity index (χ0v) is 16.3. The van der Waals surface area contributed by atoms with Crippen molar-refractivity contribution in [3.05, 3.63) is 24.3 Å². The maximum Gasteiger partial charge on any atom is 0.321 e. The Morgan fingerprint density at radius 3 is 2.63 bits per heavy atom. The third kappa shape index (κ3) is 4.22. The molecule has 2 bridgehead atoms. The van der Waals surface area contributed by atoms with E-state index >= 15 is 0 Å². The first-order chi connectivity index (χ1) is 12.6. The van der Waals surface area contributed by atoms with E-state index in [9.17, 15) is 9.59 Å². The Balaban J connectivity index is 0.00000210. The van der Waals surface area contributed by atoms with E-state index in [1.807, 2.05) is 24.3 Å². The molecule has 1 saturated heterocycles. The molecule has 2 unspecified atom stereocenters. The summed E-state index contributed by atoms with van der Waals surface area (Å²) < 4.78 is 0. The number of hydrogen-bond acceptors (Lipinski definition) is 3. The molecule has 1 aliphatic heterocycles. The molecule has 2 aliphatic carbocycles. The summed E-state index contributed by atoms with van der Waals surface area (Å²) in [4.78, 5) is 26.6. The van der Waals surface area contributed by atoms with Gasteiger partial charge in [0.15, 0.2) is 0 Å². The van der Waals surface area contributed by atoms with Crippen molar-refractivity contribution in [3.63, 3.8) is 0 Å². The van der Waals surface area contributed by atoms with Gasteiger partial charge in [-0.25, -0.2) is 4.79 Å². The number of hydrogen-bond donors (Lipinski definition) is 3. The van der Waals surface area contributed by atoms with E-state index in [2.05, 4.69) is 10.6 Å². The van der Waals surface area contributed by atoms with Gasteiger partial charge in [0.1, 0.15) is 0 Å². The molecule has 0 spiro atoms. The number of nitrogens with one attached hydrogen (secondary N) is 2. The number of urea groups is 1. The number of amides is 3. The largest absolute Gasteiger partial charge is 0.338 e. The van der Waals surface area contributed by atoms with Crippen LogP contribution in [0, 0.1) is 17.8 Å². The second kappa shape index (κ2) is 8.48. The number of carbonyl (C=O) groups excluding carboxylic acids is 2. The second-order valence-electron chi connectivity index (χ2n) is 7.97. The van der Waals surface area contributed by atoms with Crippen LogP contribution in [0.25, 0.3) is 0 Å². The van der Waals surface area contributed by atoms with Crippen LogP contribution < -0.4 is 21.3 Å². The van der Waals surface area contributed by atoms with Gasteiger partial charge in [-0.2, -0.15) is 0 Å². The number of rotatable bonds is 3. The monoisotopic (exact) mass is 392 g/mol. The van der Waals surface area contributed by atoms with Gasteiger partial charge < -0.3 is 16.4 Å². The summed E-state index contributed by atoms with van der Waals surface area (Å²) in [5, 5.41) is 5.93. The van der Waals surface area contributed by atoms with Crippen molar-refractivity contribution in [2.24, 2.45) is 23.5 Å². The zero-order valence-electron chi connectivity index (χ0n) is 15.5. The van der Waals surface area contributed by atoms with E-state index in [-0.39, 0.29) is 36.3 Å². The van der Waals surface area contributed by atoms with E-state index in [4.69, 9.17) is 5.73 Å². The van der Waals surface area contributed by atoms with Crippen LogP contribution in [0.5, 0.6) is 0 Å². The number of fused-ring (bicyclic) bond motifs is 2. The molecule has 7 heteroatoms. The molecule has 27 heavy (non-hydrogen) atoms. The molecule has 148 valence electrons. The molecule has 4 N–H and O–H groups in total. The molecule has 2 saturated carbocycles. The van der Waals surface area contributed by atoms with Gasteiger partial charge in [-0.1, -0.05) is 12.5 Å². The zero-order chi connectivity index (χ0) is 18.1. The van der Waals surface area contributed by atoms with Gasteiger partial charge in [-0.15, -0.1) is 12.4 Å². The first-order valence-electron chi connectivity index (χ1n) is 9.83. The molecule has 3 aliphatic rings. The topological polar surface area (TPSA) is 87.5 Å². The lowest BCUT2D eigenvalue weighted by atomic mass is 9.65. The molecule has 0 radical (unpaired) electrons. The number of carbonyl (C=O) groups is 2. The molecule has 4 rings (SSSR count). The highest BCUT2D eigenvalue weighted by molar-refractivity contribution is 5.96. The summed E-state index contributed by atoms with van der Waals surface area (Å²) in [5.74, 6) is 1.12. The minimum Gasteiger partial charge on any atom is -0.338 e. The first-order valence-corrected chi connectivity index (χ1v) is 9.83. The molecule has 3 fully saturated rings. The third-order valence-electron chi connectivity index (χ3n) is 6.29. The van der Waals surface area contributed by atoms with Crippen LogP contribution in [-0.4, -0.2) is 31.1 Å². The smallest absolute Gasteiger partial charge is 0.321 e. The summed E-state index contributed by atoms with van der Waals surface area (Å²) >= 11 is 0. The Morgan fingerprint density at radius 1 is 1.19 bits per heavy atom. The lowest BCUT2D eigenvalue weighted by Gasteiger charge is -2.43. The average molecular weight is 393 g/mol. The fraction of sp³-hybridized carbons (Fsp3) is 0.600. The van der Waals surface area contributed by atoms with E-state index in [1.165, 1.54) is 6.42 Å². The molecule has 6 nitrogen and oxygen atoms in total. The van der Waals surface area contributed by atoms with E-state index in [0.717, 1.165) is 50.0 Å². The van der Waals surface area contributed by atoms with Gasteiger partial charge in [-0.05, 0) is 62.1 Å². The summed E-state index contributed by atoms with van der Waals surface area (Å²) in [6.45, 7) is 1.42. The van der Waals surface area contributed by atoms with Crippen LogP contribution in [0.1, 0.15) is 38.5 Å². The molecule has 1 aromatic carbocycles. The van der Waals surface area contributed by atoms with Crippen molar-refractivity contribution in [3.8, 4) is 0 Å². The summed E-state index contributed by atoms with van der Waals surface area (Å²) in [6.07, 6.45) is 6.28. The minimum absolute atomic E-state index is 0. The highest BCUT2D eigenvalue weighted by atomic mass is 35.5. The number of benzene rings is 1. The predicted octanol–water partition coefficient (Wildman–Crippen LogP) is 3.12. The Labute approximate surface area is 166 Å². The van der Waals surface area contributed by atoms with Crippen LogP contribution >= 0.6 is 12.4 Å². The van der Waals surface area contributed by atoms with Gasteiger partial charge in [0.05, 0.1) is 0 Å². The molecular weight excluding hydrogens is 364 g/mol. The van der Waals surface area contributed by atoms with Crippen LogP contribution in [-0.2, 0) is 4.79 Å². The third-order valence-corrected chi connectivity index (χ3v) is 6.29. The Morgan fingerprint density at radius 2 is 1.93 bits per heavy atom. The number of halogens is 1. The van der Waals surface area contributed by atoms with Gasteiger partial charge in [0.2, 0.25) is 5.91 Å². The SMILES string of the molecule is Cl.NC1C2CCCC1CC(C(=O)Nc1cccc(N3CCCNC3=O)c1)C2. The lowest BCUT2D eigenvalue weighted by Crippen LogP contribution is -2.48. The highest BCUT2D eigenvalue weighted by Crippen LogP contribution is 2.42. The second-order valence-corrected chi connectivity index (χ2v) is 7.97. The number of nitrogens with two attached hydrogens (primary N) is 1. The van der Waals surface area contributed by atoms with Crippen LogP contribution in [0.2, 0.25) is 0 Å². The molecule has 1 aromatic rings. The van der Waals surface area contributed by atoms with Gasteiger partial charge in [0, 0.05) is 36.4 Å². The molecule has 3 amide bonds. The lowest BCUT2D eigenvalue weighted by molar-refractivity contribution is -0.122. The number of anilines is 2. The van der Waals surface area contributed by atoms with Gasteiger partial charge in [-0.3, -0.25) is 9.69 Å². The molecule has 1 heterocycles. The molecule has 0 aromatic heterocycles. The van der Waals surface area contributed by atoms with Crippen molar-refractivity contribution in [1.29, 1.82) is 0 Å². The van der Waals surface area contributed by atoms with Crippen molar-refractivity contribution in [2.75, 3.05) is 23.3 Å². The standard InChI is InChI=1S/C20H28N4O2.ClH/c21-18-13-4-1-5-14(18)11-15(10-13)19(25)23-16-6-2-7-17(12-16)24-9-3-8-22-20(24)26;/h2,6-7,12-15,18H,1,3-5,8-11,21H2,(H,22,26)(H,23,25);1H. The maximum absolute atomic E-state index is 12.8. The molecule has 2 atom stereocenters. The van der Waals surface area contributed by atoms with E-state index in [0.29, 0.717) is 18.4 Å². The summed E-state index contributed by atoms with van der Waals surface area (Å²) in [7, 11) is 0. The highest BCUT2D eigenvalue weighted by Gasteiger charge is 2.40. The van der Waals surface area contributed by atoms with Crippen LogP contribution in [0.3, 0.4) is 0 Å². The minimum atomic E-state index is -0.0752. The average Bonchev–Trinajstić information content (AvgIpc) is 2.62. The predicted molar refractivity (Wildman–Crippen MR) is 109 cm³/mol. The number of nitrogens with zero attached hydrogens (tertiary/aromatic N) is 1. The summed E-state index contributed by atoms with van der Waals surface area (Å²) in [5.41, 5.74) is 7.92. The fourth-order valence-corrected chi connectivity index (χ4v) is 4.87. The fourth-order valence-electron chi connectivity index (χ4n) is 4.87. The quantitative estimate of drug-likeness (QED) is 0.738. The van der Waals surface area contributed by atoms with E-state index < -0.39 is 0 Å². The van der Waals surface area contributed by atoms with Gasteiger partial charge >= 0.3 is 6.03 Å². The van der Waals surface area contributed by atoms with E-state index in [1.54, 1.807) is 4.90 Å². The summed E-state index contributed by atoms with van der Waals surface area (Å²) in [6, 6.07) is 7.77. The Hall–Kier alpha value is -1.79. The normalized spacial score (nSPS) is 30.1. The van der Waals surface area contributed by atoms with Gasteiger partial charge in [0.25, 0.3) is 0 Å². The van der Waals surface area contributed by atoms with Crippen LogP contribution in [0.4, 0.5) is 16.2 Å². The van der Waals surface area contributed by atoms with Crippen molar-refractivity contribution < 1.29 is 9.59 Å². The first kappa shape index (κ1) is 20.0. The Kier molecular flexibility index (Phi) is 6.27. The van der Waals surface area contributed by atoms with Crippen LogP contribution in [0.15, 0.2) is 24.3 Å². The Bertz CT molecular complexity index is 684. The molecular formula is C20H29ClN4O2. The van der Waals surface area contributed by atoms with Crippen molar-refractivity contribution in [1.82, 2.24) is 5.32 Å².